The average molecular weight is 286 g/mol. The van der Waals surface area contributed by atoms with E-state index in [9.17, 15) is 4.79 Å². The number of rotatable bonds is 4. The number of hydrogen-bond acceptors (Lipinski definition) is 2. The molecule has 104 valence electrons. The number of benzene rings is 2. The molecule has 3 heteroatoms. The Morgan fingerprint density at radius 1 is 1.00 bits per heavy atom. The molecular weight excluding hydrogens is 267 g/mol. The monoisotopic (exact) mass is 286 g/mol. The Morgan fingerprint density at radius 2 is 1.75 bits per heavy atom. The molecule has 0 aliphatic heterocycles. The number of carbonyl (C=O) groups is 1. The SMILES string of the molecule is COc1c(C)cc(C)cc1Pc1ccc(C)cc1C=O. The second kappa shape index (κ2) is 6.19. The normalized spacial score (nSPS) is 11.0. The van der Waals surface area contributed by atoms with Crippen molar-refractivity contribution in [3.8, 4) is 5.75 Å². The molecule has 20 heavy (non-hydrogen) atoms. The van der Waals surface area contributed by atoms with Crippen LogP contribution >= 0.6 is 8.58 Å². The van der Waals surface area contributed by atoms with E-state index in [2.05, 4.69) is 26.0 Å². The van der Waals surface area contributed by atoms with Crippen LogP contribution < -0.4 is 15.3 Å². The van der Waals surface area contributed by atoms with Crippen molar-refractivity contribution in [3.05, 3.63) is 52.6 Å². The molecule has 2 rings (SSSR count). The number of ether oxygens (including phenoxy) is 1. The van der Waals surface area contributed by atoms with Gasteiger partial charge in [0.05, 0.1) is 7.11 Å². The molecule has 0 bridgehead atoms. The van der Waals surface area contributed by atoms with Crippen molar-refractivity contribution < 1.29 is 9.53 Å². The first kappa shape index (κ1) is 14.7. The maximum atomic E-state index is 11.2. The van der Waals surface area contributed by atoms with Gasteiger partial charge in [0.25, 0.3) is 0 Å². The van der Waals surface area contributed by atoms with E-state index in [1.54, 1.807) is 7.11 Å². The topological polar surface area (TPSA) is 26.3 Å². The first-order valence-electron chi connectivity index (χ1n) is 6.53. The third-order valence-electron chi connectivity index (χ3n) is 3.23. The summed E-state index contributed by atoms with van der Waals surface area (Å²) in [6, 6.07) is 10.3. The Labute approximate surface area is 122 Å². The van der Waals surface area contributed by atoms with Crippen LogP contribution in [0.3, 0.4) is 0 Å². The van der Waals surface area contributed by atoms with Crippen molar-refractivity contribution in [2.75, 3.05) is 7.11 Å². The Morgan fingerprint density at radius 3 is 2.40 bits per heavy atom. The summed E-state index contributed by atoms with van der Waals surface area (Å²) in [7, 11) is 2.12. The van der Waals surface area contributed by atoms with Crippen LogP contribution in [0.25, 0.3) is 0 Å². The van der Waals surface area contributed by atoms with Crippen molar-refractivity contribution in [1.82, 2.24) is 0 Å². The fourth-order valence-electron chi connectivity index (χ4n) is 2.36. The van der Waals surface area contributed by atoms with Gasteiger partial charge in [-0.3, -0.25) is 4.79 Å². The summed E-state index contributed by atoms with van der Waals surface area (Å²) >= 11 is 0. The number of aryl methyl sites for hydroxylation is 3. The van der Waals surface area contributed by atoms with E-state index >= 15 is 0 Å². The Hall–Kier alpha value is -1.66. The minimum Gasteiger partial charge on any atom is -0.496 e. The van der Waals surface area contributed by atoms with Gasteiger partial charge in [-0.1, -0.05) is 32.3 Å². The molecule has 0 saturated carbocycles. The molecule has 2 aromatic carbocycles. The summed E-state index contributed by atoms with van der Waals surface area (Å²) in [6.45, 7) is 6.13. The standard InChI is InChI=1S/C17H19O2P/c1-11-5-6-15(14(8-11)10-18)20-16-9-12(2)7-13(3)17(16)19-4/h5-10,20H,1-4H3. The van der Waals surface area contributed by atoms with E-state index in [0.717, 1.165) is 39.3 Å². The minimum absolute atomic E-state index is 0.421. The lowest BCUT2D eigenvalue weighted by molar-refractivity contribution is 0.112. The molecule has 1 unspecified atom stereocenters. The summed E-state index contributed by atoms with van der Waals surface area (Å²) in [6.07, 6.45) is 0.935. The molecule has 0 aromatic heterocycles. The van der Waals surface area contributed by atoms with Gasteiger partial charge in [-0.2, -0.15) is 0 Å². The summed E-state index contributed by atoms with van der Waals surface area (Å²) < 4.78 is 5.52. The fraction of sp³-hybridized carbons (Fsp3) is 0.235. The quantitative estimate of drug-likeness (QED) is 0.638. The van der Waals surface area contributed by atoms with Crippen LogP contribution in [0, 0.1) is 20.8 Å². The Kier molecular flexibility index (Phi) is 4.57. The highest BCUT2D eigenvalue weighted by Gasteiger charge is 2.10. The van der Waals surface area contributed by atoms with Crippen LogP contribution in [-0.4, -0.2) is 13.4 Å². The van der Waals surface area contributed by atoms with Gasteiger partial charge in [0, 0.05) is 10.9 Å². The van der Waals surface area contributed by atoms with Gasteiger partial charge < -0.3 is 4.74 Å². The van der Waals surface area contributed by atoms with Crippen LogP contribution in [-0.2, 0) is 0 Å². The molecule has 0 amide bonds. The second-order valence-electron chi connectivity index (χ2n) is 5.00. The molecule has 0 fully saturated rings. The molecule has 0 aliphatic rings. The highest BCUT2D eigenvalue weighted by Crippen LogP contribution is 2.25. The van der Waals surface area contributed by atoms with Crippen molar-refractivity contribution >= 4 is 25.5 Å². The van der Waals surface area contributed by atoms with E-state index in [0.29, 0.717) is 8.58 Å². The molecule has 0 radical (unpaired) electrons. The summed E-state index contributed by atoms with van der Waals surface area (Å²) in [4.78, 5) is 11.2. The van der Waals surface area contributed by atoms with E-state index in [1.165, 1.54) is 5.56 Å². The lowest BCUT2D eigenvalue weighted by Gasteiger charge is -2.14. The largest absolute Gasteiger partial charge is 0.496 e. The number of methoxy groups -OCH3 is 1. The number of carbonyl (C=O) groups excluding carboxylic acids is 1. The predicted octanol–water partition coefficient (Wildman–Crippen LogP) is 3.06. The van der Waals surface area contributed by atoms with Crippen LogP contribution in [0.1, 0.15) is 27.0 Å². The average Bonchev–Trinajstić information content (AvgIpc) is 2.40. The van der Waals surface area contributed by atoms with Gasteiger partial charge in [0.2, 0.25) is 0 Å². The molecule has 0 spiro atoms. The van der Waals surface area contributed by atoms with Gasteiger partial charge in [0.15, 0.2) is 6.29 Å². The Bertz CT molecular complexity index is 648. The zero-order valence-electron chi connectivity index (χ0n) is 12.3. The third kappa shape index (κ3) is 3.08. The third-order valence-corrected chi connectivity index (χ3v) is 4.59. The van der Waals surface area contributed by atoms with E-state index in [1.807, 2.05) is 25.1 Å². The van der Waals surface area contributed by atoms with E-state index in [4.69, 9.17) is 4.74 Å². The van der Waals surface area contributed by atoms with Gasteiger partial charge in [-0.05, 0) is 49.3 Å². The van der Waals surface area contributed by atoms with Crippen molar-refractivity contribution in [2.45, 2.75) is 20.8 Å². The van der Waals surface area contributed by atoms with Crippen molar-refractivity contribution in [3.63, 3.8) is 0 Å². The maximum Gasteiger partial charge on any atom is 0.150 e. The maximum absolute atomic E-state index is 11.2. The highest BCUT2D eigenvalue weighted by molar-refractivity contribution is 7.56. The van der Waals surface area contributed by atoms with Crippen LogP contribution in [0.5, 0.6) is 5.75 Å². The summed E-state index contributed by atoms with van der Waals surface area (Å²) in [5.74, 6) is 0.923. The van der Waals surface area contributed by atoms with Gasteiger partial charge >= 0.3 is 0 Å². The molecule has 0 N–H and O–H groups in total. The van der Waals surface area contributed by atoms with Gasteiger partial charge in [-0.15, -0.1) is 0 Å². The van der Waals surface area contributed by atoms with Gasteiger partial charge in [0.1, 0.15) is 5.75 Å². The molecule has 0 aliphatic carbocycles. The van der Waals surface area contributed by atoms with Crippen molar-refractivity contribution in [1.29, 1.82) is 0 Å². The number of hydrogen-bond donors (Lipinski definition) is 0. The fourth-order valence-corrected chi connectivity index (χ4v) is 3.80. The van der Waals surface area contributed by atoms with Crippen molar-refractivity contribution in [2.24, 2.45) is 0 Å². The summed E-state index contributed by atoms with van der Waals surface area (Å²) in [5.41, 5.74) is 4.22. The molecule has 1 atom stereocenters. The molecule has 2 nitrogen and oxygen atoms in total. The molecule has 0 heterocycles. The van der Waals surface area contributed by atoms with Crippen LogP contribution in [0.4, 0.5) is 0 Å². The van der Waals surface area contributed by atoms with E-state index < -0.39 is 0 Å². The summed E-state index contributed by atoms with van der Waals surface area (Å²) in [5, 5.41) is 2.21. The highest BCUT2D eigenvalue weighted by atomic mass is 31.1. The lowest BCUT2D eigenvalue weighted by Crippen LogP contribution is -2.12. The lowest BCUT2D eigenvalue weighted by atomic mass is 10.1. The molecule has 2 aromatic rings. The van der Waals surface area contributed by atoms with E-state index in [-0.39, 0.29) is 0 Å². The molecule has 0 saturated heterocycles. The Balaban J connectivity index is 2.47. The first-order valence-corrected chi connectivity index (χ1v) is 7.53. The molecular formula is C17H19O2P. The minimum atomic E-state index is 0.421. The first-order chi connectivity index (χ1) is 9.55. The number of aldehydes is 1. The smallest absolute Gasteiger partial charge is 0.150 e. The zero-order chi connectivity index (χ0) is 14.7. The van der Waals surface area contributed by atoms with Crippen LogP contribution in [0.2, 0.25) is 0 Å². The van der Waals surface area contributed by atoms with Crippen LogP contribution in [0.15, 0.2) is 30.3 Å². The zero-order valence-corrected chi connectivity index (χ0v) is 13.3. The second-order valence-corrected chi connectivity index (χ2v) is 6.32. The van der Waals surface area contributed by atoms with Gasteiger partial charge in [-0.25, -0.2) is 0 Å². The predicted molar refractivity (Wildman–Crippen MR) is 86.6 cm³/mol.